The number of pyridine rings is 1. The minimum atomic E-state index is -1.14. The predicted octanol–water partition coefficient (Wildman–Crippen LogP) is 0.588. The normalized spacial score (nSPS) is 12.9. The summed E-state index contributed by atoms with van der Waals surface area (Å²) < 4.78 is 7.27. The van der Waals surface area contributed by atoms with E-state index in [0.29, 0.717) is 5.46 Å². The van der Waals surface area contributed by atoms with Crippen LogP contribution in [0.25, 0.3) is 5.52 Å². The molecule has 2 N–H and O–H groups in total. The summed E-state index contributed by atoms with van der Waals surface area (Å²) in [7, 11) is -1.14. The Hall–Kier alpha value is -1.37. The van der Waals surface area contributed by atoms with Gasteiger partial charge in [0, 0.05) is 17.9 Å². The highest BCUT2D eigenvalue weighted by Crippen LogP contribution is 2.25. The molecular weight excluding hydrogens is 243 g/mol. The van der Waals surface area contributed by atoms with E-state index in [9.17, 15) is 10.1 Å². The summed E-state index contributed by atoms with van der Waals surface area (Å²) in [4.78, 5) is 0. The molecule has 0 spiro atoms. The molecule has 2 heterocycles. The Morgan fingerprint density at radius 1 is 1.26 bits per heavy atom. The first-order valence-corrected chi connectivity index (χ1v) is 6.23. The number of hydrogen-bond donors (Lipinski definition) is 2. The van der Waals surface area contributed by atoms with Gasteiger partial charge in [0.05, 0.1) is 16.7 Å². The van der Waals surface area contributed by atoms with Crippen LogP contribution in [0.3, 0.4) is 0 Å². The Morgan fingerprint density at radius 2 is 1.95 bits per heavy atom. The highest BCUT2D eigenvalue weighted by Gasteiger charge is 2.40. The van der Waals surface area contributed by atoms with Crippen molar-refractivity contribution < 1.29 is 14.8 Å². The second-order valence-electron chi connectivity index (χ2n) is 5.67. The van der Waals surface area contributed by atoms with Gasteiger partial charge in [0.25, 0.3) is 0 Å². The van der Waals surface area contributed by atoms with E-state index in [-0.39, 0.29) is 0 Å². The summed E-state index contributed by atoms with van der Waals surface area (Å²) in [6.45, 7) is 6.77. The van der Waals surface area contributed by atoms with Crippen LogP contribution in [0.15, 0.2) is 30.6 Å². The number of aromatic nitrogens is 2. The second-order valence-corrected chi connectivity index (χ2v) is 5.67. The molecule has 19 heavy (non-hydrogen) atoms. The lowest BCUT2D eigenvalue weighted by Crippen LogP contribution is -2.53. The number of aliphatic hydroxyl groups is 1. The molecule has 0 bridgehead atoms. The number of rotatable bonds is 4. The molecule has 0 saturated carbocycles. The zero-order valence-electron chi connectivity index (χ0n) is 11.7. The van der Waals surface area contributed by atoms with Crippen molar-refractivity contribution in [2.75, 3.05) is 0 Å². The SMILES string of the molecule is CC(C)(O)C(C)(C)OB(O)c1cnn2ccccc12. The van der Waals surface area contributed by atoms with Crippen LogP contribution in [0.2, 0.25) is 0 Å². The molecule has 0 aliphatic rings. The van der Waals surface area contributed by atoms with Crippen molar-refractivity contribution in [3.05, 3.63) is 30.6 Å². The monoisotopic (exact) mass is 262 g/mol. The van der Waals surface area contributed by atoms with Crippen LogP contribution in [-0.4, -0.2) is 38.1 Å². The van der Waals surface area contributed by atoms with E-state index in [4.69, 9.17) is 4.65 Å². The number of nitrogens with zero attached hydrogens (tertiary/aromatic N) is 2. The number of fused-ring (bicyclic) bond motifs is 1. The lowest BCUT2D eigenvalue weighted by Gasteiger charge is -2.38. The third-order valence-electron chi connectivity index (χ3n) is 3.60. The van der Waals surface area contributed by atoms with Gasteiger partial charge in [-0.15, -0.1) is 0 Å². The maximum absolute atomic E-state index is 10.2. The zero-order valence-corrected chi connectivity index (χ0v) is 11.7. The van der Waals surface area contributed by atoms with Crippen molar-refractivity contribution in [2.24, 2.45) is 0 Å². The molecule has 0 aliphatic carbocycles. The van der Waals surface area contributed by atoms with E-state index < -0.39 is 18.3 Å². The fraction of sp³-hybridized carbons (Fsp3) is 0.462. The fourth-order valence-corrected chi connectivity index (χ4v) is 1.63. The molecule has 0 radical (unpaired) electrons. The molecule has 0 amide bonds. The van der Waals surface area contributed by atoms with Gasteiger partial charge in [-0.05, 0) is 39.8 Å². The maximum Gasteiger partial charge on any atom is 0.495 e. The molecule has 5 nitrogen and oxygen atoms in total. The van der Waals surface area contributed by atoms with Crippen molar-refractivity contribution >= 4 is 18.1 Å². The molecule has 0 aliphatic heterocycles. The summed E-state index contributed by atoms with van der Waals surface area (Å²) in [6, 6.07) is 5.58. The van der Waals surface area contributed by atoms with E-state index in [1.807, 2.05) is 18.2 Å². The first kappa shape index (κ1) is 14.1. The Labute approximate surface area is 113 Å². The third kappa shape index (κ3) is 2.65. The quantitative estimate of drug-likeness (QED) is 0.791. The molecule has 0 unspecified atom stereocenters. The summed E-state index contributed by atoms with van der Waals surface area (Å²) in [6.07, 6.45) is 3.37. The molecule has 2 aromatic heterocycles. The summed E-state index contributed by atoms with van der Waals surface area (Å²) in [5, 5.41) is 24.4. The molecular formula is C13H19BN2O3. The molecule has 0 saturated heterocycles. The van der Waals surface area contributed by atoms with Gasteiger partial charge in [-0.25, -0.2) is 4.52 Å². The zero-order chi connectivity index (χ0) is 14.3. The largest absolute Gasteiger partial charge is 0.495 e. The second kappa shape index (κ2) is 4.63. The van der Waals surface area contributed by atoms with Crippen LogP contribution in [0, 0.1) is 0 Å². The van der Waals surface area contributed by atoms with E-state index in [2.05, 4.69) is 5.10 Å². The van der Waals surface area contributed by atoms with E-state index >= 15 is 0 Å². The minimum absolute atomic E-state index is 0.581. The van der Waals surface area contributed by atoms with Crippen LogP contribution in [0.5, 0.6) is 0 Å². The van der Waals surface area contributed by atoms with Gasteiger partial charge in [0.2, 0.25) is 0 Å². The topological polar surface area (TPSA) is 67.0 Å². The van der Waals surface area contributed by atoms with Crippen LogP contribution in [0.4, 0.5) is 0 Å². The van der Waals surface area contributed by atoms with Gasteiger partial charge in [-0.1, -0.05) is 6.07 Å². The van der Waals surface area contributed by atoms with Crippen molar-refractivity contribution in [3.8, 4) is 0 Å². The molecule has 0 atom stereocenters. The van der Waals surface area contributed by atoms with Gasteiger partial charge in [-0.2, -0.15) is 5.10 Å². The Balaban J connectivity index is 2.28. The highest BCUT2D eigenvalue weighted by molar-refractivity contribution is 6.62. The smallest absolute Gasteiger partial charge is 0.423 e. The minimum Gasteiger partial charge on any atom is -0.423 e. The lowest BCUT2D eigenvalue weighted by molar-refractivity contribution is -0.0982. The molecule has 2 aromatic rings. The average molecular weight is 262 g/mol. The van der Waals surface area contributed by atoms with Crippen LogP contribution in [-0.2, 0) is 4.65 Å². The van der Waals surface area contributed by atoms with E-state index in [1.165, 1.54) is 0 Å². The summed E-state index contributed by atoms with van der Waals surface area (Å²) >= 11 is 0. The van der Waals surface area contributed by atoms with Gasteiger partial charge in [0.1, 0.15) is 0 Å². The van der Waals surface area contributed by atoms with Crippen LogP contribution in [0.1, 0.15) is 27.7 Å². The number of hydrogen-bond acceptors (Lipinski definition) is 4. The standard InChI is InChI=1S/C13H19BN2O3/c1-12(2,17)13(3,4)19-14(18)10-9-15-16-8-6-5-7-11(10)16/h5-9,17-18H,1-4H3. The molecule has 6 heteroatoms. The Morgan fingerprint density at radius 3 is 2.58 bits per heavy atom. The van der Waals surface area contributed by atoms with Crippen molar-refractivity contribution in [1.29, 1.82) is 0 Å². The van der Waals surface area contributed by atoms with Crippen LogP contribution >= 0.6 is 0 Å². The highest BCUT2D eigenvalue weighted by atomic mass is 16.5. The Kier molecular flexibility index (Phi) is 3.42. The average Bonchev–Trinajstić information content (AvgIpc) is 2.70. The molecule has 102 valence electrons. The summed E-state index contributed by atoms with van der Waals surface area (Å²) in [5.74, 6) is 0. The first-order chi connectivity index (χ1) is 8.72. The van der Waals surface area contributed by atoms with E-state index in [1.54, 1.807) is 44.6 Å². The van der Waals surface area contributed by atoms with Gasteiger partial charge in [-0.3, -0.25) is 0 Å². The van der Waals surface area contributed by atoms with Gasteiger partial charge < -0.3 is 14.8 Å². The van der Waals surface area contributed by atoms with E-state index in [0.717, 1.165) is 5.52 Å². The first-order valence-electron chi connectivity index (χ1n) is 6.23. The van der Waals surface area contributed by atoms with Crippen molar-refractivity contribution in [2.45, 2.75) is 38.9 Å². The van der Waals surface area contributed by atoms with Crippen molar-refractivity contribution in [1.82, 2.24) is 9.61 Å². The summed E-state index contributed by atoms with van der Waals surface area (Å²) in [5.41, 5.74) is -0.605. The molecule has 0 fully saturated rings. The van der Waals surface area contributed by atoms with Gasteiger partial charge >= 0.3 is 7.12 Å². The maximum atomic E-state index is 10.2. The molecule has 2 rings (SSSR count). The predicted molar refractivity (Wildman–Crippen MR) is 74.3 cm³/mol. The van der Waals surface area contributed by atoms with Crippen LogP contribution < -0.4 is 5.46 Å². The molecule has 0 aromatic carbocycles. The van der Waals surface area contributed by atoms with Gasteiger partial charge in [0.15, 0.2) is 0 Å². The lowest BCUT2D eigenvalue weighted by atomic mass is 9.77. The van der Waals surface area contributed by atoms with Crippen molar-refractivity contribution in [3.63, 3.8) is 0 Å². The Bertz CT molecular complexity index is 575. The third-order valence-corrected chi connectivity index (χ3v) is 3.60. The fourth-order valence-electron chi connectivity index (χ4n) is 1.63.